The van der Waals surface area contributed by atoms with Crippen molar-refractivity contribution < 1.29 is 9.90 Å². The molecule has 1 aromatic heterocycles. The highest BCUT2D eigenvalue weighted by atomic mass is 35.5. The van der Waals surface area contributed by atoms with Crippen LogP contribution in [-0.2, 0) is 11.2 Å². The van der Waals surface area contributed by atoms with Crippen LogP contribution in [0.5, 0.6) is 0 Å². The van der Waals surface area contributed by atoms with E-state index >= 15 is 0 Å². The highest BCUT2D eigenvalue weighted by molar-refractivity contribution is 6.33. The molecule has 22 heavy (non-hydrogen) atoms. The summed E-state index contributed by atoms with van der Waals surface area (Å²) in [5.74, 6) is -0.378. The van der Waals surface area contributed by atoms with E-state index in [9.17, 15) is 4.79 Å². The Balaban J connectivity index is 1.78. The molecule has 0 saturated carbocycles. The third kappa shape index (κ3) is 3.12. The number of carboxylic acids is 1. The highest BCUT2D eigenvalue weighted by Crippen LogP contribution is 2.34. The Morgan fingerprint density at radius 2 is 2.23 bits per heavy atom. The minimum atomic E-state index is -0.999. The smallest absolute Gasteiger partial charge is 0.328 e. The summed E-state index contributed by atoms with van der Waals surface area (Å²) in [5.41, 5.74) is 3.30. The van der Waals surface area contributed by atoms with E-state index < -0.39 is 5.97 Å². The average Bonchev–Trinajstić information content (AvgIpc) is 2.91. The summed E-state index contributed by atoms with van der Waals surface area (Å²) in [7, 11) is 0. The van der Waals surface area contributed by atoms with Crippen LogP contribution in [0.3, 0.4) is 0 Å². The lowest BCUT2D eigenvalue weighted by atomic mass is 10.1. The first kappa shape index (κ1) is 14.6. The van der Waals surface area contributed by atoms with Gasteiger partial charge in [-0.15, -0.1) is 0 Å². The Morgan fingerprint density at radius 1 is 1.41 bits per heavy atom. The Bertz CT molecular complexity index is 743. The maximum atomic E-state index is 10.5. The van der Waals surface area contributed by atoms with Crippen LogP contribution in [0, 0.1) is 0 Å². The molecule has 0 spiro atoms. The van der Waals surface area contributed by atoms with E-state index in [-0.39, 0.29) is 6.04 Å². The molecule has 0 aliphatic heterocycles. The van der Waals surface area contributed by atoms with E-state index in [0.29, 0.717) is 16.4 Å². The Hall–Kier alpha value is -2.33. The Morgan fingerprint density at radius 3 is 3.00 bits per heavy atom. The number of nitrogens with zero attached hydrogens (tertiary/aromatic N) is 1. The summed E-state index contributed by atoms with van der Waals surface area (Å²) in [6.07, 6.45) is 6.20. The molecule has 4 nitrogen and oxygen atoms in total. The van der Waals surface area contributed by atoms with Crippen molar-refractivity contribution in [3.05, 3.63) is 64.3 Å². The van der Waals surface area contributed by atoms with Gasteiger partial charge in [-0.2, -0.15) is 0 Å². The monoisotopic (exact) mass is 314 g/mol. The van der Waals surface area contributed by atoms with Gasteiger partial charge in [0.05, 0.1) is 11.1 Å². The topological polar surface area (TPSA) is 62.2 Å². The zero-order valence-corrected chi connectivity index (χ0v) is 12.5. The van der Waals surface area contributed by atoms with E-state index in [0.717, 1.165) is 18.9 Å². The van der Waals surface area contributed by atoms with Gasteiger partial charge in [0.15, 0.2) is 0 Å². The van der Waals surface area contributed by atoms with E-state index in [1.165, 1.54) is 17.2 Å². The molecule has 1 heterocycles. The van der Waals surface area contributed by atoms with Crippen LogP contribution in [0.25, 0.3) is 6.08 Å². The molecule has 0 radical (unpaired) electrons. The number of aliphatic carboxylic acids is 1. The van der Waals surface area contributed by atoms with Gasteiger partial charge >= 0.3 is 5.97 Å². The van der Waals surface area contributed by atoms with E-state index in [4.69, 9.17) is 16.7 Å². The second-order valence-electron chi connectivity index (χ2n) is 5.21. The van der Waals surface area contributed by atoms with Crippen molar-refractivity contribution in [1.29, 1.82) is 0 Å². The number of fused-ring (bicyclic) bond motifs is 1. The maximum absolute atomic E-state index is 10.5. The average molecular weight is 315 g/mol. The van der Waals surface area contributed by atoms with E-state index in [1.54, 1.807) is 12.3 Å². The number of halogens is 1. The molecule has 112 valence electrons. The van der Waals surface area contributed by atoms with Gasteiger partial charge in [0.25, 0.3) is 0 Å². The number of anilines is 1. The minimum absolute atomic E-state index is 0.210. The first-order chi connectivity index (χ1) is 10.6. The molecule has 0 amide bonds. The van der Waals surface area contributed by atoms with Gasteiger partial charge < -0.3 is 10.4 Å². The molecule has 1 aliphatic carbocycles. The molecule has 0 saturated heterocycles. The van der Waals surface area contributed by atoms with Crippen LogP contribution >= 0.6 is 11.6 Å². The number of benzene rings is 1. The number of aromatic nitrogens is 1. The number of nitrogens with one attached hydrogen (secondary N) is 1. The van der Waals surface area contributed by atoms with Crippen LogP contribution in [0.15, 0.2) is 42.6 Å². The number of hydrogen-bond donors (Lipinski definition) is 2. The van der Waals surface area contributed by atoms with Crippen molar-refractivity contribution in [2.24, 2.45) is 0 Å². The van der Waals surface area contributed by atoms with Gasteiger partial charge in [-0.1, -0.05) is 35.9 Å². The lowest BCUT2D eigenvalue weighted by Crippen LogP contribution is -2.08. The first-order valence-electron chi connectivity index (χ1n) is 7.04. The van der Waals surface area contributed by atoms with Gasteiger partial charge in [-0.3, -0.25) is 0 Å². The van der Waals surface area contributed by atoms with Crippen LogP contribution in [0.4, 0.5) is 5.82 Å². The lowest BCUT2D eigenvalue weighted by Gasteiger charge is -2.16. The van der Waals surface area contributed by atoms with Crippen molar-refractivity contribution >= 4 is 29.5 Å². The van der Waals surface area contributed by atoms with Crippen molar-refractivity contribution in [2.45, 2.75) is 18.9 Å². The molecule has 1 atom stereocenters. The zero-order chi connectivity index (χ0) is 15.5. The largest absolute Gasteiger partial charge is 0.478 e. The van der Waals surface area contributed by atoms with Gasteiger partial charge in [0.1, 0.15) is 5.82 Å². The fourth-order valence-corrected chi connectivity index (χ4v) is 2.92. The van der Waals surface area contributed by atoms with Gasteiger partial charge in [0, 0.05) is 12.3 Å². The summed E-state index contributed by atoms with van der Waals surface area (Å²) in [5, 5.41) is 12.5. The quantitative estimate of drug-likeness (QED) is 0.839. The number of rotatable bonds is 4. The molecular formula is C17H15ClN2O2. The molecule has 5 heteroatoms. The zero-order valence-electron chi connectivity index (χ0n) is 11.8. The fraction of sp³-hybridized carbons (Fsp3) is 0.176. The molecule has 0 fully saturated rings. The summed E-state index contributed by atoms with van der Waals surface area (Å²) in [6, 6.07) is 10.3. The molecular weight excluding hydrogens is 300 g/mol. The van der Waals surface area contributed by atoms with Crippen LogP contribution in [0.1, 0.15) is 29.2 Å². The number of pyridine rings is 1. The fourth-order valence-electron chi connectivity index (χ4n) is 2.69. The van der Waals surface area contributed by atoms with Gasteiger partial charge in [-0.05, 0) is 41.7 Å². The van der Waals surface area contributed by atoms with Crippen molar-refractivity contribution in [3.8, 4) is 0 Å². The third-order valence-electron chi connectivity index (χ3n) is 3.72. The van der Waals surface area contributed by atoms with Crippen molar-refractivity contribution in [1.82, 2.24) is 4.98 Å². The van der Waals surface area contributed by atoms with Crippen molar-refractivity contribution in [3.63, 3.8) is 0 Å². The van der Waals surface area contributed by atoms with Crippen LogP contribution in [-0.4, -0.2) is 16.1 Å². The predicted octanol–water partition coefficient (Wildman–Crippen LogP) is 3.93. The van der Waals surface area contributed by atoms with E-state index in [2.05, 4.69) is 28.5 Å². The SMILES string of the molecule is O=C(O)C=Cc1cnc(NC2CCc3ccccc32)c(Cl)c1. The number of carbonyl (C=O) groups is 1. The molecule has 1 aromatic carbocycles. The number of aryl methyl sites for hydroxylation is 1. The second-order valence-corrected chi connectivity index (χ2v) is 5.61. The lowest BCUT2D eigenvalue weighted by molar-refractivity contribution is -0.131. The van der Waals surface area contributed by atoms with Gasteiger partial charge in [-0.25, -0.2) is 9.78 Å². The first-order valence-corrected chi connectivity index (χ1v) is 7.42. The number of carboxylic acid groups (broad SMARTS) is 1. The summed E-state index contributed by atoms with van der Waals surface area (Å²) in [6.45, 7) is 0. The molecule has 2 aromatic rings. The standard InChI is InChI=1S/C17H15ClN2O2/c18-14-9-11(5-8-16(21)22)10-19-17(14)20-15-7-6-12-3-1-2-4-13(12)15/h1-5,8-10,15H,6-7H2,(H,19,20)(H,21,22). The highest BCUT2D eigenvalue weighted by Gasteiger charge is 2.22. The predicted molar refractivity (Wildman–Crippen MR) is 87.0 cm³/mol. The van der Waals surface area contributed by atoms with Crippen LogP contribution in [0.2, 0.25) is 5.02 Å². The molecule has 1 unspecified atom stereocenters. The Kier molecular flexibility index (Phi) is 4.11. The normalized spacial score (nSPS) is 16.7. The summed E-state index contributed by atoms with van der Waals surface area (Å²) < 4.78 is 0. The maximum Gasteiger partial charge on any atom is 0.328 e. The molecule has 1 aliphatic rings. The number of hydrogen-bond acceptors (Lipinski definition) is 3. The third-order valence-corrected chi connectivity index (χ3v) is 4.01. The summed E-state index contributed by atoms with van der Waals surface area (Å²) >= 11 is 6.24. The molecule has 0 bridgehead atoms. The van der Waals surface area contributed by atoms with Crippen molar-refractivity contribution in [2.75, 3.05) is 5.32 Å². The molecule has 2 N–H and O–H groups in total. The minimum Gasteiger partial charge on any atom is -0.478 e. The van der Waals surface area contributed by atoms with E-state index in [1.807, 2.05) is 6.07 Å². The van der Waals surface area contributed by atoms with Gasteiger partial charge in [0.2, 0.25) is 0 Å². The second kappa shape index (κ2) is 6.20. The molecule has 3 rings (SSSR count). The van der Waals surface area contributed by atoms with Crippen LogP contribution < -0.4 is 5.32 Å². The summed E-state index contributed by atoms with van der Waals surface area (Å²) in [4.78, 5) is 14.8. The Labute approximate surface area is 133 Å².